The van der Waals surface area contributed by atoms with Gasteiger partial charge in [-0.3, -0.25) is 4.79 Å². The molecule has 1 aromatic rings. The lowest BCUT2D eigenvalue weighted by Crippen LogP contribution is -2.53. The number of fused-ring (bicyclic) bond motifs is 2. The molecule has 0 bridgehead atoms. The Kier molecular flexibility index (Phi) is 5.59. The first-order chi connectivity index (χ1) is 13.4. The summed E-state index contributed by atoms with van der Waals surface area (Å²) in [5.41, 5.74) is -1.51. The highest BCUT2D eigenvalue weighted by Crippen LogP contribution is 2.51. The van der Waals surface area contributed by atoms with Crippen LogP contribution in [0.15, 0.2) is 12.7 Å². The molecule has 2 atom stereocenters. The molecule has 3 rings (SSSR count). The summed E-state index contributed by atoms with van der Waals surface area (Å²) in [6.45, 7) is 9.55. The maximum absolute atomic E-state index is 13.5. The number of hydrogen-bond acceptors (Lipinski definition) is 5. The van der Waals surface area contributed by atoms with Gasteiger partial charge >= 0.3 is 12.3 Å². The van der Waals surface area contributed by atoms with Crippen molar-refractivity contribution in [3.63, 3.8) is 0 Å². The van der Waals surface area contributed by atoms with Crippen LogP contribution in [-0.4, -0.2) is 42.1 Å². The molecule has 3 heterocycles. The van der Waals surface area contributed by atoms with Gasteiger partial charge in [0.2, 0.25) is 0 Å². The van der Waals surface area contributed by atoms with Gasteiger partial charge in [0.1, 0.15) is 16.1 Å². The smallest absolute Gasteiger partial charge is 0.426 e. The molecule has 1 amide bonds. The highest BCUT2D eigenvalue weighted by atomic mass is 32.1. The van der Waals surface area contributed by atoms with Crippen LogP contribution in [0.5, 0.6) is 0 Å². The number of halogens is 3. The van der Waals surface area contributed by atoms with E-state index in [0.29, 0.717) is 28.2 Å². The summed E-state index contributed by atoms with van der Waals surface area (Å²) in [4.78, 5) is 25.1. The van der Waals surface area contributed by atoms with Crippen LogP contribution in [0.4, 0.5) is 18.0 Å². The van der Waals surface area contributed by atoms with Crippen LogP contribution in [0.3, 0.4) is 0 Å². The fraction of sp³-hybridized carbons (Fsp3) is 0.600. The highest BCUT2D eigenvalue weighted by Gasteiger charge is 2.50. The molecule has 1 aromatic heterocycles. The van der Waals surface area contributed by atoms with E-state index >= 15 is 0 Å². The Labute approximate surface area is 171 Å². The van der Waals surface area contributed by atoms with Crippen molar-refractivity contribution >= 4 is 23.7 Å². The lowest BCUT2D eigenvalue weighted by atomic mass is 9.81. The quantitative estimate of drug-likeness (QED) is 0.492. The van der Waals surface area contributed by atoms with Gasteiger partial charge in [0.05, 0.1) is 12.6 Å². The maximum atomic E-state index is 13.5. The lowest BCUT2D eigenvalue weighted by Gasteiger charge is -2.47. The summed E-state index contributed by atoms with van der Waals surface area (Å²) >= 11 is 0.581. The van der Waals surface area contributed by atoms with Gasteiger partial charge in [-0.15, -0.1) is 17.9 Å². The first kappa shape index (κ1) is 21.8. The molecular formula is C20H24F3NO4S. The van der Waals surface area contributed by atoms with Gasteiger partial charge in [-0.2, -0.15) is 13.2 Å². The Hall–Kier alpha value is -1.87. The van der Waals surface area contributed by atoms with Gasteiger partial charge in [-0.05, 0) is 39.2 Å². The van der Waals surface area contributed by atoms with Crippen molar-refractivity contribution in [2.75, 3.05) is 13.2 Å². The molecule has 5 nitrogen and oxygen atoms in total. The second kappa shape index (κ2) is 7.43. The fourth-order valence-electron chi connectivity index (χ4n) is 3.96. The molecule has 0 aromatic carbocycles. The Bertz CT molecular complexity index is 827. The first-order valence-electron chi connectivity index (χ1n) is 9.36. The number of alkyl halides is 3. The Morgan fingerprint density at radius 2 is 2.07 bits per heavy atom. The number of nitrogens with zero attached hydrogens (tertiary/aromatic N) is 1. The monoisotopic (exact) mass is 431 g/mol. The largest absolute Gasteiger partial charge is 0.444 e. The zero-order chi connectivity index (χ0) is 21.6. The number of carbonyl (C=O) groups is 2. The van der Waals surface area contributed by atoms with E-state index < -0.39 is 34.4 Å². The minimum atomic E-state index is -4.60. The third kappa shape index (κ3) is 4.07. The van der Waals surface area contributed by atoms with Gasteiger partial charge in [-0.1, -0.05) is 6.08 Å². The molecular weight excluding hydrogens is 407 g/mol. The Morgan fingerprint density at radius 1 is 1.38 bits per heavy atom. The molecule has 1 spiro atoms. The van der Waals surface area contributed by atoms with Crippen molar-refractivity contribution in [3.05, 3.63) is 33.5 Å². The third-order valence-electron chi connectivity index (χ3n) is 5.16. The predicted molar refractivity (Wildman–Crippen MR) is 102 cm³/mol. The SMILES string of the molecule is C=C[C@H]1CC2(CCN1C(=O)OC(C)(C)C)OCCc1c2sc(C(F)(F)F)c1C=O. The van der Waals surface area contributed by atoms with Gasteiger partial charge in [0, 0.05) is 23.4 Å². The molecule has 2 aliphatic heterocycles. The molecule has 29 heavy (non-hydrogen) atoms. The Morgan fingerprint density at radius 3 is 2.62 bits per heavy atom. The van der Waals surface area contributed by atoms with E-state index in [1.807, 2.05) is 0 Å². The average Bonchev–Trinajstić information content (AvgIpc) is 3.00. The Balaban J connectivity index is 1.96. The second-order valence-corrected chi connectivity index (χ2v) is 9.31. The number of hydrogen-bond donors (Lipinski definition) is 0. The molecule has 1 unspecified atom stereocenters. The van der Waals surface area contributed by atoms with E-state index in [-0.39, 0.29) is 37.8 Å². The van der Waals surface area contributed by atoms with E-state index in [1.54, 1.807) is 26.8 Å². The van der Waals surface area contributed by atoms with E-state index in [9.17, 15) is 22.8 Å². The van der Waals surface area contributed by atoms with Crippen molar-refractivity contribution in [1.82, 2.24) is 4.90 Å². The number of likely N-dealkylation sites (tertiary alicyclic amines) is 1. The van der Waals surface area contributed by atoms with Crippen molar-refractivity contribution < 1.29 is 32.2 Å². The molecule has 1 saturated heterocycles. The van der Waals surface area contributed by atoms with E-state index in [4.69, 9.17) is 9.47 Å². The normalized spacial score (nSPS) is 24.9. The number of thiophene rings is 1. The average molecular weight is 431 g/mol. The number of ether oxygens (including phenoxy) is 2. The summed E-state index contributed by atoms with van der Waals surface area (Å²) in [5.74, 6) is 0. The van der Waals surface area contributed by atoms with Crippen molar-refractivity contribution in [2.24, 2.45) is 0 Å². The minimum absolute atomic E-state index is 0.220. The summed E-state index contributed by atoms with van der Waals surface area (Å²) < 4.78 is 51.9. The molecule has 0 saturated carbocycles. The van der Waals surface area contributed by atoms with E-state index in [1.165, 1.54) is 4.90 Å². The number of carbonyl (C=O) groups excluding carboxylic acids is 2. The molecule has 9 heteroatoms. The predicted octanol–water partition coefficient (Wildman–Crippen LogP) is 4.93. The zero-order valence-corrected chi connectivity index (χ0v) is 17.4. The van der Waals surface area contributed by atoms with E-state index in [0.717, 1.165) is 0 Å². The number of rotatable bonds is 2. The van der Waals surface area contributed by atoms with Crippen molar-refractivity contribution in [1.29, 1.82) is 0 Å². The minimum Gasteiger partial charge on any atom is -0.444 e. The fourth-order valence-corrected chi connectivity index (χ4v) is 5.32. The second-order valence-electron chi connectivity index (χ2n) is 8.29. The van der Waals surface area contributed by atoms with E-state index in [2.05, 4.69) is 6.58 Å². The van der Waals surface area contributed by atoms with Crippen LogP contribution in [0, 0.1) is 0 Å². The molecule has 0 N–H and O–H groups in total. The van der Waals surface area contributed by atoms with Crippen LogP contribution in [0.1, 0.15) is 59.3 Å². The summed E-state index contributed by atoms with van der Waals surface area (Å²) in [6.07, 6.45) is -2.39. The number of amides is 1. The highest BCUT2D eigenvalue weighted by molar-refractivity contribution is 7.12. The van der Waals surface area contributed by atoms with Crippen LogP contribution in [-0.2, 0) is 27.7 Å². The van der Waals surface area contributed by atoms with Crippen LogP contribution in [0.2, 0.25) is 0 Å². The number of aldehydes is 1. The van der Waals surface area contributed by atoms with Crippen LogP contribution in [0.25, 0.3) is 0 Å². The van der Waals surface area contributed by atoms with Gasteiger partial charge in [0.15, 0.2) is 6.29 Å². The summed E-state index contributed by atoms with van der Waals surface area (Å²) in [5, 5.41) is 0. The first-order valence-corrected chi connectivity index (χ1v) is 10.2. The molecule has 1 fully saturated rings. The molecule has 2 aliphatic rings. The lowest BCUT2D eigenvalue weighted by molar-refractivity contribution is -0.134. The summed E-state index contributed by atoms with van der Waals surface area (Å²) in [7, 11) is 0. The number of piperidine rings is 1. The third-order valence-corrected chi connectivity index (χ3v) is 6.64. The molecule has 160 valence electrons. The van der Waals surface area contributed by atoms with Crippen molar-refractivity contribution in [3.8, 4) is 0 Å². The molecule has 0 aliphatic carbocycles. The maximum Gasteiger partial charge on any atom is 0.426 e. The van der Waals surface area contributed by atoms with Gasteiger partial charge in [0.25, 0.3) is 0 Å². The van der Waals surface area contributed by atoms with Gasteiger partial charge in [-0.25, -0.2) is 4.79 Å². The molecule has 0 radical (unpaired) electrons. The standard InChI is InChI=1S/C20H24F3NO4S/c1-5-12-10-19(7-8-24(12)17(26)28-18(2,3)4)15-13(6-9-27-19)14(11-25)16(29-15)20(21,22)23/h5,11-12H,1,6-10H2,2-4H3/t12-,19?/m0/s1. The van der Waals surface area contributed by atoms with Crippen LogP contribution >= 0.6 is 11.3 Å². The zero-order valence-electron chi connectivity index (χ0n) is 16.6. The van der Waals surface area contributed by atoms with Gasteiger partial charge < -0.3 is 14.4 Å². The summed E-state index contributed by atoms with van der Waals surface area (Å²) in [6, 6.07) is -0.458. The van der Waals surface area contributed by atoms with Crippen molar-refractivity contribution in [2.45, 2.75) is 63.5 Å². The van der Waals surface area contributed by atoms with Crippen LogP contribution < -0.4 is 0 Å². The topological polar surface area (TPSA) is 55.8 Å².